The van der Waals surface area contributed by atoms with Crippen LogP contribution in [-0.4, -0.2) is 31.3 Å². The lowest BCUT2D eigenvalue weighted by atomic mass is 10.8. The van der Waals surface area contributed by atoms with Crippen LogP contribution in [0.2, 0.25) is 0 Å². The molecule has 4 nitrogen and oxygen atoms in total. The van der Waals surface area contributed by atoms with Gasteiger partial charge in [-0.15, -0.1) is 5.06 Å². The zero-order valence-electron chi connectivity index (χ0n) is 5.94. The SMILES string of the molecule is CN(C)OC(=O)CP=NP. The van der Waals surface area contributed by atoms with E-state index in [9.17, 15) is 4.79 Å². The first-order chi connectivity index (χ1) is 4.66. The lowest BCUT2D eigenvalue weighted by Gasteiger charge is -2.07. The molecule has 0 amide bonds. The fourth-order valence-electron chi connectivity index (χ4n) is 0.331. The van der Waals surface area contributed by atoms with Crippen LogP contribution >= 0.6 is 17.8 Å². The minimum Gasteiger partial charge on any atom is -0.368 e. The summed E-state index contributed by atoms with van der Waals surface area (Å²) in [6.45, 7) is 0. The average molecular weight is 180 g/mol. The molecule has 0 aliphatic carbocycles. The first-order valence-electron chi connectivity index (χ1n) is 2.61. The van der Waals surface area contributed by atoms with Gasteiger partial charge in [-0.05, 0) is 9.39 Å². The van der Waals surface area contributed by atoms with Gasteiger partial charge < -0.3 is 4.84 Å². The van der Waals surface area contributed by atoms with Gasteiger partial charge in [0.15, 0.2) is 0 Å². The number of carbonyl (C=O) groups is 1. The average Bonchev–Trinajstić information content (AvgIpc) is 1.82. The minimum absolute atomic E-state index is 0.266. The highest BCUT2D eigenvalue weighted by atomic mass is 31.1. The Morgan fingerprint density at radius 2 is 2.40 bits per heavy atom. The lowest BCUT2D eigenvalue weighted by Crippen LogP contribution is -2.19. The van der Waals surface area contributed by atoms with Gasteiger partial charge in [-0.25, -0.2) is 4.79 Å². The van der Waals surface area contributed by atoms with Crippen LogP contribution in [0.15, 0.2) is 4.52 Å². The van der Waals surface area contributed by atoms with E-state index >= 15 is 0 Å². The highest BCUT2D eigenvalue weighted by Gasteiger charge is 2.00. The van der Waals surface area contributed by atoms with Crippen molar-refractivity contribution in [1.82, 2.24) is 5.06 Å². The van der Waals surface area contributed by atoms with Crippen molar-refractivity contribution in [3.63, 3.8) is 0 Å². The fraction of sp³-hybridized carbons (Fsp3) is 0.750. The van der Waals surface area contributed by atoms with Crippen molar-refractivity contribution in [3.05, 3.63) is 0 Å². The molecule has 0 N–H and O–H groups in total. The van der Waals surface area contributed by atoms with E-state index in [4.69, 9.17) is 0 Å². The van der Waals surface area contributed by atoms with E-state index in [0.29, 0.717) is 14.5 Å². The number of nitrogens with zero attached hydrogens (tertiary/aromatic N) is 2. The van der Waals surface area contributed by atoms with E-state index in [1.165, 1.54) is 5.06 Å². The summed E-state index contributed by atoms with van der Waals surface area (Å²) < 4.78 is 3.65. The maximum Gasteiger partial charge on any atom is 0.334 e. The molecule has 0 rings (SSSR count). The van der Waals surface area contributed by atoms with Crippen LogP contribution in [0.5, 0.6) is 0 Å². The molecule has 6 heteroatoms. The van der Waals surface area contributed by atoms with E-state index in [0.717, 1.165) is 0 Å². The van der Waals surface area contributed by atoms with Crippen LogP contribution in [0.4, 0.5) is 0 Å². The summed E-state index contributed by atoms with van der Waals surface area (Å²) in [5.41, 5.74) is 0. The molecule has 1 atom stereocenters. The normalized spacial score (nSPS) is 10.8. The Hall–Kier alpha value is -0.0400. The summed E-state index contributed by atoms with van der Waals surface area (Å²) >= 11 is 0. The largest absolute Gasteiger partial charge is 0.368 e. The highest BCUT2D eigenvalue weighted by Crippen LogP contribution is 2.03. The third-order valence-corrected chi connectivity index (χ3v) is 1.62. The van der Waals surface area contributed by atoms with E-state index in [1.54, 1.807) is 14.1 Å². The Balaban J connectivity index is 3.44. The molecule has 0 radical (unpaired) electrons. The van der Waals surface area contributed by atoms with Gasteiger partial charge in [-0.2, -0.15) is 0 Å². The Morgan fingerprint density at radius 1 is 1.80 bits per heavy atom. The lowest BCUT2D eigenvalue weighted by molar-refractivity contribution is -0.174. The van der Waals surface area contributed by atoms with Gasteiger partial charge in [0, 0.05) is 22.5 Å². The fourth-order valence-corrected chi connectivity index (χ4v) is 0.831. The third kappa shape index (κ3) is 6.09. The van der Waals surface area contributed by atoms with Gasteiger partial charge in [-0.3, -0.25) is 4.52 Å². The quantitative estimate of drug-likeness (QED) is 0.479. The molecular weight excluding hydrogens is 170 g/mol. The van der Waals surface area contributed by atoms with Gasteiger partial charge in [-0.1, -0.05) is 0 Å². The summed E-state index contributed by atoms with van der Waals surface area (Å²) in [4.78, 5) is 15.3. The molecule has 0 aliphatic rings. The van der Waals surface area contributed by atoms with E-state index in [-0.39, 0.29) is 5.97 Å². The Labute approximate surface area is 64.0 Å². The third-order valence-electron chi connectivity index (χ3n) is 0.566. The number of carbonyl (C=O) groups excluding carboxylic acids is 1. The maximum atomic E-state index is 10.7. The molecule has 0 aromatic rings. The molecule has 0 fully saturated rings. The zero-order chi connectivity index (χ0) is 7.98. The van der Waals surface area contributed by atoms with E-state index in [1.807, 2.05) is 0 Å². The van der Waals surface area contributed by atoms with Crippen LogP contribution in [0.25, 0.3) is 0 Å². The van der Waals surface area contributed by atoms with Crippen molar-refractivity contribution < 1.29 is 9.63 Å². The first-order valence-corrected chi connectivity index (χ1v) is 4.16. The molecule has 0 aliphatic heterocycles. The standard InChI is InChI=1S/C4H10N2O2P2/c1-6(2)8-4(7)3-10-5-9/h3,9H2,1-2H3. The Bertz CT molecular complexity index is 137. The van der Waals surface area contributed by atoms with Crippen molar-refractivity contribution in [3.8, 4) is 0 Å². The smallest absolute Gasteiger partial charge is 0.334 e. The molecule has 10 heavy (non-hydrogen) atoms. The minimum atomic E-state index is -0.266. The van der Waals surface area contributed by atoms with E-state index in [2.05, 4.69) is 18.7 Å². The summed E-state index contributed by atoms with van der Waals surface area (Å²) in [6.07, 6.45) is 0.307. The predicted molar refractivity (Wildman–Crippen MR) is 43.7 cm³/mol. The van der Waals surface area contributed by atoms with Gasteiger partial charge in [0.25, 0.3) is 0 Å². The van der Waals surface area contributed by atoms with E-state index < -0.39 is 0 Å². The first kappa shape index (κ1) is 9.96. The molecule has 0 saturated carbocycles. The molecule has 0 aromatic heterocycles. The molecule has 0 spiro atoms. The molecule has 0 heterocycles. The molecule has 58 valence electrons. The number of rotatable bonds is 3. The van der Waals surface area contributed by atoms with Crippen LogP contribution in [-0.2, 0) is 9.63 Å². The molecule has 0 aromatic carbocycles. The number of hydrogen-bond acceptors (Lipinski definition) is 4. The zero-order valence-corrected chi connectivity index (χ0v) is 7.99. The van der Waals surface area contributed by atoms with Crippen molar-refractivity contribution in [2.24, 2.45) is 4.52 Å². The van der Waals surface area contributed by atoms with Crippen molar-refractivity contribution in [2.75, 3.05) is 20.3 Å². The number of hydrogen-bond donors (Lipinski definition) is 0. The van der Waals surface area contributed by atoms with Crippen LogP contribution in [0.1, 0.15) is 0 Å². The van der Waals surface area contributed by atoms with Crippen molar-refractivity contribution in [1.29, 1.82) is 0 Å². The molecule has 0 bridgehead atoms. The Morgan fingerprint density at radius 3 is 2.80 bits per heavy atom. The highest BCUT2D eigenvalue weighted by molar-refractivity contribution is 7.35. The summed E-state index contributed by atoms with van der Waals surface area (Å²) in [5, 5.41) is 1.36. The predicted octanol–water partition coefficient (Wildman–Crippen LogP) is 0.926. The summed E-state index contributed by atoms with van der Waals surface area (Å²) in [5.74, 6) is -0.266. The monoisotopic (exact) mass is 180 g/mol. The Kier molecular flexibility index (Phi) is 5.70. The molecular formula is C4H10N2O2P2. The molecule has 1 unspecified atom stereocenters. The van der Waals surface area contributed by atoms with Crippen LogP contribution in [0, 0.1) is 0 Å². The summed E-state index contributed by atoms with van der Waals surface area (Å²) in [7, 11) is 6.21. The van der Waals surface area contributed by atoms with Gasteiger partial charge in [0.1, 0.15) is 6.16 Å². The van der Waals surface area contributed by atoms with Crippen molar-refractivity contribution in [2.45, 2.75) is 0 Å². The number of hydroxylamine groups is 2. The summed E-state index contributed by atoms with van der Waals surface area (Å²) in [6, 6.07) is 0. The second-order valence-corrected chi connectivity index (χ2v) is 3.21. The van der Waals surface area contributed by atoms with Gasteiger partial charge >= 0.3 is 5.97 Å². The van der Waals surface area contributed by atoms with Crippen LogP contribution in [0.3, 0.4) is 0 Å². The van der Waals surface area contributed by atoms with Gasteiger partial charge in [0.05, 0.1) is 0 Å². The second-order valence-electron chi connectivity index (χ2n) is 1.69. The molecule has 0 saturated heterocycles. The van der Waals surface area contributed by atoms with Gasteiger partial charge in [0.2, 0.25) is 0 Å². The topological polar surface area (TPSA) is 41.9 Å². The second kappa shape index (κ2) is 5.72. The maximum absolute atomic E-state index is 10.7. The van der Waals surface area contributed by atoms with Crippen LogP contribution < -0.4 is 0 Å². The van der Waals surface area contributed by atoms with Crippen molar-refractivity contribution >= 4 is 23.7 Å².